The van der Waals surface area contributed by atoms with Crippen molar-refractivity contribution < 1.29 is 0 Å². The summed E-state index contributed by atoms with van der Waals surface area (Å²) >= 11 is 0. The molecule has 0 bridgehead atoms. The largest absolute Gasteiger partial charge is 0.371 e. The summed E-state index contributed by atoms with van der Waals surface area (Å²) in [5, 5.41) is 0. The van der Waals surface area contributed by atoms with Crippen LogP contribution < -0.4 is 4.90 Å². The second-order valence-corrected chi connectivity index (χ2v) is 8.42. The van der Waals surface area contributed by atoms with E-state index in [2.05, 4.69) is 42.3 Å². The van der Waals surface area contributed by atoms with Gasteiger partial charge in [0.05, 0.1) is 0 Å². The molecule has 0 aromatic heterocycles. The van der Waals surface area contributed by atoms with E-state index in [-0.39, 0.29) is 0 Å². The Labute approximate surface area is 142 Å². The van der Waals surface area contributed by atoms with E-state index in [1.54, 1.807) is 0 Å². The molecule has 1 heteroatoms. The molecule has 1 nitrogen and oxygen atoms in total. The van der Waals surface area contributed by atoms with Gasteiger partial charge in [0.25, 0.3) is 0 Å². The summed E-state index contributed by atoms with van der Waals surface area (Å²) in [7, 11) is 2.37. The average Bonchev–Trinajstić information content (AvgIpc) is 2.87. The molecule has 0 heterocycles. The van der Waals surface area contributed by atoms with E-state index in [9.17, 15) is 0 Å². The monoisotopic (exact) mass is 311 g/mol. The topological polar surface area (TPSA) is 3.24 Å². The van der Waals surface area contributed by atoms with Gasteiger partial charge in [0.2, 0.25) is 0 Å². The lowest BCUT2D eigenvalue weighted by atomic mass is 9.58. The zero-order valence-electron chi connectivity index (χ0n) is 14.8. The summed E-state index contributed by atoms with van der Waals surface area (Å²) < 4.78 is 0. The molecule has 5 atom stereocenters. The number of rotatable bonds is 2. The molecule has 0 radical (unpaired) electrons. The third kappa shape index (κ3) is 3.04. The fourth-order valence-electron chi connectivity index (χ4n) is 6.25. The normalized spacial score (nSPS) is 37.3. The lowest BCUT2D eigenvalue weighted by molar-refractivity contribution is 0.0335. The van der Waals surface area contributed by atoms with Gasteiger partial charge >= 0.3 is 0 Å². The lowest BCUT2D eigenvalue weighted by Crippen LogP contribution is -2.50. The highest BCUT2D eigenvalue weighted by molar-refractivity contribution is 5.46. The van der Waals surface area contributed by atoms with Gasteiger partial charge in [-0.25, -0.2) is 0 Å². The summed E-state index contributed by atoms with van der Waals surface area (Å²) in [5.41, 5.74) is 1.43. The van der Waals surface area contributed by atoms with Gasteiger partial charge in [-0.15, -0.1) is 0 Å². The van der Waals surface area contributed by atoms with Crippen molar-refractivity contribution in [3.63, 3.8) is 0 Å². The lowest BCUT2D eigenvalue weighted by Gasteiger charge is -2.52. The van der Waals surface area contributed by atoms with Gasteiger partial charge in [-0.3, -0.25) is 0 Å². The average molecular weight is 312 g/mol. The first kappa shape index (κ1) is 15.5. The van der Waals surface area contributed by atoms with Crippen LogP contribution in [-0.2, 0) is 0 Å². The summed E-state index contributed by atoms with van der Waals surface area (Å²) in [5.74, 6) is 4.04. The van der Waals surface area contributed by atoms with Crippen LogP contribution in [0.3, 0.4) is 0 Å². The van der Waals surface area contributed by atoms with Crippen LogP contribution >= 0.6 is 0 Å². The summed E-state index contributed by atoms with van der Waals surface area (Å²) in [4.78, 5) is 2.65. The second kappa shape index (κ2) is 6.87. The van der Waals surface area contributed by atoms with Crippen molar-refractivity contribution in [1.29, 1.82) is 0 Å². The Morgan fingerprint density at radius 1 is 0.739 bits per heavy atom. The number of fused-ring (bicyclic) bond motifs is 3. The molecule has 1 aromatic rings. The van der Waals surface area contributed by atoms with Crippen LogP contribution in [0.1, 0.15) is 64.2 Å². The van der Waals surface area contributed by atoms with Crippen LogP contribution in [-0.4, -0.2) is 13.1 Å². The molecule has 3 saturated carbocycles. The minimum atomic E-state index is 0.778. The number of para-hydroxylation sites is 1. The smallest absolute Gasteiger partial charge is 0.0366 e. The maximum atomic E-state index is 2.65. The molecule has 3 aliphatic rings. The molecule has 1 aromatic carbocycles. The predicted octanol–water partition coefficient (Wildman–Crippen LogP) is 5.90. The highest BCUT2D eigenvalue weighted by atomic mass is 15.1. The number of anilines is 1. The highest BCUT2D eigenvalue weighted by Gasteiger charge is 2.46. The molecule has 0 N–H and O–H groups in total. The fraction of sp³-hybridized carbons (Fsp3) is 0.727. The van der Waals surface area contributed by atoms with Crippen LogP contribution in [0.25, 0.3) is 0 Å². The Balaban J connectivity index is 1.62. The molecular formula is C22H33N. The fourth-order valence-corrected chi connectivity index (χ4v) is 6.25. The van der Waals surface area contributed by atoms with Crippen molar-refractivity contribution >= 4 is 5.69 Å². The Bertz CT molecular complexity index is 496. The minimum absolute atomic E-state index is 0.778. The molecular weight excluding hydrogens is 278 g/mol. The van der Waals surface area contributed by atoms with Crippen LogP contribution in [0.15, 0.2) is 30.3 Å². The quantitative estimate of drug-likeness (QED) is 0.657. The molecule has 4 unspecified atom stereocenters. The molecule has 4 rings (SSSR count). The van der Waals surface area contributed by atoms with Gasteiger partial charge in [0.15, 0.2) is 0 Å². The highest BCUT2D eigenvalue weighted by Crippen LogP contribution is 2.52. The van der Waals surface area contributed by atoms with Gasteiger partial charge < -0.3 is 4.90 Å². The maximum Gasteiger partial charge on any atom is 0.0366 e. The first-order chi connectivity index (χ1) is 11.3. The molecule has 23 heavy (non-hydrogen) atoms. The van der Waals surface area contributed by atoms with E-state index in [1.807, 2.05) is 0 Å². The SMILES string of the molecule is CN(c1ccccc1)C1C[C@H]2CCCCC2C2CCCCCC21. The molecule has 3 aliphatic carbocycles. The third-order valence-corrected chi connectivity index (χ3v) is 7.34. The molecule has 0 saturated heterocycles. The van der Waals surface area contributed by atoms with E-state index in [0.29, 0.717) is 0 Å². The van der Waals surface area contributed by atoms with Crippen molar-refractivity contribution in [1.82, 2.24) is 0 Å². The zero-order valence-corrected chi connectivity index (χ0v) is 14.8. The van der Waals surface area contributed by atoms with Crippen molar-refractivity contribution in [2.45, 2.75) is 70.3 Å². The number of benzene rings is 1. The van der Waals surface area contributed by atoms with E-state index < -0.39 is 0 Å². The van der Waals surface area contributed by atoms with Gasteiger partial charge in [-0.1, -0.05) is 56.7 Å². The van der Waals surface area contributed by atoms with Crippen molar-refractivity contribution in [3.05, 3.63) is 30.3 Å². The Hall–Kier alpha value is -0.980. The molecule has 3 fully saturated rings. The third-order valence-electron chi connectivity index (χ3n) is 7.34. The first-order valence-corrected chi connectivity index (χ1v) is 10.1. The van der Waals surface area contributed by atoms with Gasteiger partial charge in [0.1, 0.15) is 0 Å². The maximum absolute atomic E-state index is 2.65. The van der Waals surface area contributed by atoms with E-state index >= 15 is 0 Å². The first-order valence-electron chi connectivity index (χ1n) is 10.1. The molecule has 126 valence electrons. The standard InChI is InChI=1S/C22H33N/c1-23(18-11-4-2-5-12-18)22-16-17-10-8-9-13-19(17)20-14-6-3-7-15-21(20)22/h2,4-5,11-12,17,19-22H,3,6-10,13-16H2,1H3/t17-,19?,20?,21?,22?/m1/s1. The van der Waals surface area contributed by atoms with E-state index in [1.165, 1.54) is 69.9 Å². The number of nitrogens with zero attached hydrogens (tertiary/aromatic N) is 1. The molecule has 0 aliphatic heterocycles. The zero-order chi connectivity index (χ0) is 15.6. The van der Waals surface area contributed by atoms with Gasteiger partial charge in [-0.05, 0) is 61.5 Å². The van der Waals surface area contributed by atoms with E-state index in [0.717, 1.165) is 29.7 Å². The van der Waals surface area contributed by atoms with Gasteiger partial charge in [0, 0.05) is 18.8 Å². The second-order valence-electron chi connectivity index (χ2n) is 8.42. The summed E-state index contributed by atoms with van der Waals surface area (Å²) in [6, 6.07) is 11.9. The predicted molar refractivity (Wildman–Crippen MR) is 98.8 cm³/mol. The Morgan fingerprint density at radius 3 is 2.22 bits per heavy atom. The van der Waals surface area contributed by atoms with Crippen LogP contribution in [0.5, 0.6) is 0 Å². The number of hydrogen-bond donors (Lipinski definition) is 0. The van der Waals surface area contributed by atoms with Crippen molar-refractivity contribution in [2.75, 3.05) is 11.9 Å². The number of hydrogen-bond acceptors (Lipinski definition) is 1. The van der Waals surface area contributed by atoms with Crippen LogP contribution in [0.2, 0.25) is 0 Å². The van der Waals surface area contributed by atoms with Crippen molar-refractivity contribution in [3.8, 4) is 0 Å². The van der Waals surface area contributed by atoms with Crippen LogP contribution in [0.4, 0.5) is 5.69 Å². The van der Waals surface area contributed by atoms with Gasteiger partial charge in [-0.2, -0.15) is 0 Å². The Morgan fingerprint density at radius 2 is 1.39 bits per heavy atom. The Kier molecular flexibility index (Phi) is 4.64. The summed E-state index contributed by atoms with van der Waals surface area (Å²) in [6.45, 7) is 0. The van der Waals surface area contributed by atoms with E-state index in [4.69, 9.17) is 0 Å². The van der Waals surface area contributed by atoms with Crippen molar-refractivity contribution in [2.24, 2.45) is 23.7 Å². The molecule has 0 amide bonds. The summed E-state index contributed by atoms with van der Waals surface area (Å²) in [6.07, 6.45) is 14.9. The molecule has 0 spiro atoms. The van der Waals surface area contributed by atoms with Crippen LogP contribution in [0, 0.1) is 23.7 Å². The minimum Gasteiger partial charge on any atom is -0.371 e.